The van der Waals surface area contributed by atoms with Gasteiger partial charge in [0.05, 0.1) is 0 Å². The average Bonchev–Trinajstić information content (AvgIpc) is 2.37. The second-order valence-corrected chi connectivity index (χ2v) is 3.17. The number of ether oxygens (including phenoxy) is 1. The monoisotopic (exact) mass is 222 g/mol. The van der Waals surface area contributed by atoms with Crippen molar-refractivity contribution >= 4 is 0 Å². The van der Waals surface area contributed by atoms with E-state index in [1.165, 1.54) is 0 Å². The molecule has 1 aromatic carbocycles. The molecule has 1 rings (SSSR count). The zero-order chi connectivity index (χ0) is 12.5. The summed E-state index contributed by atoms with van der Waals surface area (Å²) in [7, 11) is 0. The van der Waals surface area contributed by atoms with Crippen LogP contribution in [0.25, 0.3) is 0 Å². The Labute approximate surface area is 102 Å². The van der Waals surface area contributed by atoms with Crippen LogP contribution in [0.1, 0.15) is 5.56 Å². The summed E-state index contributed by atoms with van der Waals surface area (Å²) in [5, 5.41) is 0. The molecular weight excluding hydrogens is 208 g/mol. The van der Waals surface area contributed by atoms with E-state index < -0.39 is 0 Å². The molecule has 0 saturated heterocycles. The third-order valence-electron chi connectivity index (χ3n) is 1.94. The van der Waals surface area contributed by atoms with Gasteiger partial charge in [-0.1, -0.05) is 37.3 Å². The molecule has 0 saturated carbocycles. The molecule has 0 aromatic heterocycles. The lowest BCUT2D eigenvalue weighted by Crippen LogP contribution is -1.91. The van der Waals surface area contributed by atoms with Crippen LogP contribution >= 0.6 is 0 Å². The maximum atomic E-state index is 5.64. The Hall–Kier alpha value is -2.46. The minimum atomic E-state index is 0.688. The fraction of sp³-hybridized carbons (Fsp3) is 0. The van der Waals surface area contributed by atoms with Crippen LogP contribution in [0.5, 0.6) is 5.75 Å². The van der Waals surface area contributed by atoms with Gasteiger partial charge in [0, 0.05) is 5.56 Å². The van der Waals surface area contributed by atoms with Crippen LogP contribution in [0.2, 0.25) is 0 Å². The minimum absolute atomic E-state index is 0.688. The highest BCUT2D eigenvalue weighted by Crippen LogP contribution is 2.15. The summed E-state index contributed by atoms with van der Waals surface area (Å²) < 4.78 is 5.64. The summed E-state index contributed by atoms with van der Waals surface area (Å²) in [6.07, 6.45) is 14.0. The van der Waals surface area contributed by atoms with E-state index in [0.717, 1.165) is 11.3 Å². The maximum absolute atomic E-state index is 5.64. The first-order valence-corrected chi connectivity index (χ1v) is 5.16. The Morgan fingerprint density at radius 3 is 2.41 bits per heavy atom. The molecule has 0 atom stereocenters. The SMILES string of the molecule is C#Cc1ccc(OC(/C=C\C=C)=C/C=C)cc1. The average molecular weight is 222 g/mol. The second-order valence-electron chi connectivity index (χ2n) is 3.17. The topological polar surface area (TPSA) is 9.23 Å². The number of hydrogen-bond acceptors (Lipinski definition) is 1. The summed E-state index contributed by atoms with van der Waals surface area (Å²) in [5.41, 5.74) is 0.827. The molecule has 0 radical (unpaired) electrons. The van der Waals surface area contributed by atoms with Crippen LogP contribution in [0.15, 0.2) is 73.6 Å². The number of rotatable bonds is 5. The molecule has 1 aromatic rings. The number of hydrogen-bond donors (Lipinski definition) is 0. The Morgan fingerprint density at radius 2 is 1.88 bits per heavy atom. The summed E-state index contributed by atoms with van der Waals surface area (Å²) >= 11 is 0. The third kappa shape index (κ3) is 4.27. The molecule has 0 aliphatic carbocycles. The van der Waals surface area contributed by atoms with Crippen molar-refractivity contribution in [2.75, 3.05) is 0 Å². The molecule has 1 nitrogen and oxygen atoms in total. The zero-order valence-electron chi connectivity index (χ0n) is 9.60. The van der Waals surface area contributed by atoms with Gasteiger partial charge in [-0.05, 0) is 36.4 Å². The van der Waals surface area contributed by atoms with E-state index in [4.69, 9.17) is 11.2 Å². The molecule has 0 aliphatic rings. The van der Waals surface area contributed by atoms with Crippen LogP contribution < -0.4 is 4.74 Å². The van der Waals surface area contributed by atoms with E-state index in [1.807, 2.05) is 30.3 Å². The Kier molecular flexibility index (Phi) is 5.13. The first-order valence-electron chi connectivity index (χ1n) is 5.16. The molecule has 0 aliphatic heterocycles. The highest BCUT2D eigenvalue weighted by molar-refractivity contribution is 5.38. The van der Waals surface area contributed by atoms with Crippen molar-refractivity contribution in [3.8, 4) is 18.1 Å². The number of terminal acetylenes is 1. The Bertz CT molecular complexity index is 481. The van der Waals surface area contributed by atoms with Crippen molar-refractivity contribution in [1.82, 2.24) is 0 Å². The first kappa shape index (κ1) is 12.6. The van der Waals surface area contributed by atoms with Crippen molar-refractivity contribution in [1.29, 1.82) is 0 Å². The highest BCUT2D eigenvalue weighted by Gasteiger charge is 1.96. The van der Waals surface area contributed by atoms with E-state index in [0.29, 0.717) is 5.76 Å². The predicted molar refractivity (Wildman–Crippen MR) is 72.6 cm³/mol. The molecule has 1 heteroatoms. The largest absolute Gasteiger partial charge is 0.457 e. The first-order chi connectivity index (χ1) is 8.30. The molecule has 0 amide bonds. The van der Waals surface area contributed by atoms with Gasteiger partial charge in [-0.15, -0.1) is 6.42 Å². The van der Waals surface area contributed by atoms with Crippen molar-refractivity contribution in [2.24, 2.45) is 0 Å². The Morgan fingerprint density at radius 1 is 1.18 bits per heavy atom. The molecule has 0 unspecified atom stereocenters. The second kappa shape index (κ2) is 6.92. The lowest BCUT2D eigenvalue weighted by Gasteiger charge is -2.05. The smallest absolute Gasteiger partial charge is 0.127 e. The lowest BCUT2D eigenvalue weighted by molar-refractivity contribution is 0.444. The van der Waals surface area contributed by atoms with Crippen LogP contribution in [-0.2, 0) is 0 Å². The molecule has 17 heavy (non-hydrogen) atoms. The molecule has 0 fully saturated rings. The van der Waals surface area contributed by atoms with E-state index in [-0.39, 0.29) is 0 Å². The zero-order valence-corrected chi connectivity index (χ0v) is 9.60. The van der Waals surface area contributed by atoms with E-state index in [9.17, 15) is 0 Å². The van der Waals surface area contributed by atoms with Crippen LogP contribution in [0.3, 0.4) is 0 Å². The van der Waals surface area contributed by atoms with Gasteiger partial charge < -0.3 is 4.74 Å². The van der Waals surface area contributed by atoms with Gasteiger partial charge in [0.25, 0.3) is 0 Å². The van der Waals surface area contributed by atoms with E-state index in [1.54, 1.807) is 24.3 Å². The summed E-state index contributed by atoms with van der Waals surface area (Å²) in [6.45, 7) is 7.24. The van der Waals surface area contributed by atoms with Crippen LogP contribution in [0.4, 0.5) is 0 Å². The molecule has 0 spiro atoms. The van der Waals surface area contributed by atoms with Crippen molar-refractivity contribution < 1.29 is 4.74 Å². The van der Waals surface area contributed by atoms with Crippen LogP contribution in [-0.4, -0.2) is 0 Å². The fourth-order valence-electron chi connectivity index (χ4n) is 1.16. The molecule has 84 valence electrons. The standard InChI is InChI=1S/C16H14O/c1-4-7-9-15(8-5-2)17-16-12-10-14(6-3)11-13-16/h3-5,7-13H,1-2H2/b9-7-,15-8+. The molecule has 0 bridgehead atoms. The Balaban J connectivity index is 2.83. The van der Waals surface area contributed by atoms with Gasteiger partial charge >= 0.3 is 0 Å². The third-order valence-corrected chi connectivity index (χ3v) is 1.94. The molecule has 0 heterocycles. The summed E-state index contributed by atoms with van der Waals surface area (Å²) in [5.74, 6) is 3.97. The van der Waals surface area contributed by atoms with Crippen molar-refractivity contribution in [2.45, 2.75) is 0 Å². The summed E-state index contributed by atoms with van der Waals surface area (Å²) in [4.78, 5) is 0. The van der Waals surface area contributed by atoms with Gasteiger partial charge in [0.2, 0.25) is 0 Å². The number of benzene rings is 1. The van der Waals surface area contributed by atoms with E-state index >= 15 is 0 Å². The summed E-state index contributed by atoms with van der Waals surface area (Å²) in [6, 6.07) is 7.32. The van der Waals surface area contributed by atoms with Crippen molar-refractivity contribution in [3.05, 3.63) is 79.1 Å². The van der Waals surface area contributed by atoms with Crippen LogP contribution in [0, 0.1) is 12.3 Å². The van der Waals surface area contributed by atoms with Gasteiger partial charge in [0.1, 0.15) is 11.5 Å². The van der Waals surface area contributed by atoms with Gasteiger partial charge in [0.15, 0.2) is 0 Å². The maximum Gasteiger partial charge on any atom is 0.127 e. The predicted octanol–water partition coefficient (Wildman–Crippen LogP) is 3.86. The van der Waals surface area contributed by atoms with E-state index in [2.05, 4.69) is 19.1 Å². The lowest BCUT2D eigenvalue weighted by atomic mass is 10.2. The van der Waals surface area contributed by atoms with Gasteiger partial charge in [-0.3, -0.25) is 0 Å². The molecular formula is C16H14O. The highest BCUT2D eigenvalue weighted by atomic mass is 16.5. The van der Waals surface area contributed by atoms with Crippen molar-refractivity contribution in [3.63, 3.8) is 0 Å². The quantitative estimate of drug-likeness (QED) is 0.417. The minimum Gasteiger partial charge on any atom is -0.457 e. The number of allylic oxidation sites excluding steroid dienone is 5. The van der Waals surface area contributed by atoms with Gasteiger partial charge in [-0.25, -0.2) is 0 Å². The normalized spacial score (nSPS) is 10.9. The van der Waals surface area contributed by atoms with Gasteiger partial charge in [-0.2, -0.15) is 0 Å². The fourth-order valence-corrected chi connectivity index (χ4v) is 1.16. The molecule has 0 N–H and O–H groups in total.